The van der Waals surface area contributed by atoms with Crippen molar-refractivity contribution in [2.24, 2.45) is 0 Å². The van der Waals surface area contributed by atoms with Gasteiger partial charge in [-0.05, 0) is 61.4 Å². The van der Waals surface area contributed by atoms with Crippen LogP contribution in [0.15, 0.2) is 58.1 Å². The molecule has 3 amide bonds. The van der Waals surface area contributed by atoms with E-state index >= 15 is 0 Å². The van der Waals surface area contributed by atoms with Crippen LogP contribution >= 0.6 is 0 Å². The molecule has 17 N–H and O–H groups in total. The molecular weight excluding hydrogens is 873 g/mol. The maximum atomic E-state index is 12.3. The minimum absolute atomic E-state index is 0.0281. The van der Waals surface area contributed by atoms with Crippen molar-refractivity contribution in [3.05, 3.63) is 80.4 Å². The molecule has 0 spiro atoms. The second-order valence-electron chi connectivity index (χ2n) is 14.6. The number of hydrogen-bond donors (Lipinski definition) is 15. The number of benzene rings is 2. The van der Waals surface area contributed by atoms with Crippen LogP contribution < -0.4 is 64.7 Å². The highest BCUT2D eigenvalue weighted by Gasteiger charge is 2.30. The summed E-state index contributed by atoms with van der Waals surface area (Å²) in [4.78, 5) is 118. The van der Waals surface area contributed by atoms with Gasteiger partial charge < -0.3 is 74.0 Å². The molecule has 350 valence electrons. The van der Waals surface area contributed by atoms with E-state index in [-0.39, 0.29) is 71.9 Å². The second-order valence-corrected chi connectivity index (χ2v) is 14.6. The molecule has 66 heavy (non-hydrogen) atoms. The van der Waals surface area contributed by atoms with Gasteiger partial charge in [0.05, 0.1) is 12.1 Å². The van der Waals surface area contributed by atoms with Gasteiger partial charge in [-0.3, -0.25) is 43.5 Å². The van der Waals surface area contributed by atoms with Gasteiger partial charge in [-0.2, -0.15) is 9.97 Å². The third-order valence-corrected chi connectivity index (χ3v) is 9.87. The first-order valence-corrected chi connectivity index (χ1v) is 19.9. The minimum atomic E-state index is -1.33. The fraction of sp³-hybridized carbons (Fsp3) is 0.308. The normalized spacial score (nSPS) is 15.4. The molecule has 27 nitrogen and oxygen atoms in total. The van der Waals surface area contributed by atoms with Crippen molar-refractivity contribution in [2.45, 2.75) is 49.9 Å². The molecule has 2 aromatic heterocycles. The van der Waals surface area contributed by atoms with Crippen molar-refractivity contribution in [3.63, 3.8) is 0 Å². The molecule has 2 aliphatic rings. The Bertz CT molecular complexity index is 2570. The molecule has 4 atom stereocenters. The van der Waals surface area contributed by atoms with Gasteiger partial charge in [0.1, 0.15) is 17.8 Å². The van der Waals surface area contributed by atoms with E-state index in [1.807, 2.05) is 0 Å². The summed E-state index contributed by atoms with van der Waals surface area (Å²) >= 11 is 0. The van der Waals surface area contributed by atoms with E-state index in [4.69, 9.17) is 26.8 Å². The zero-order valence-corrected chi connectivity index (χ0v) is 34.6. The van der Waals surface area contributed by atoms with Crippen LogP contribution in [0.1, 0.15) is 46.4 Å². The van der Waals surface area contributed by atoms with Crippen molar-refractivity contribution in [1.82, 2.24) is 30.6 Å². The Kier molecular flexibility index (Phi) is 16.0. The number of amides is 3. The van der Waals surface area contributed by atoms with Gasteiger partial charge in [-0.15, -0.1) is 0 Å². The van der Waals surface area contributed by atoms with Gasteiger partial charge in [0.2, 0.25) is 18.3 Å². The van der Waals surface area contributed by atoms with Gasteiger partial charge >= 0.3 is 23.9 Å². The number of aliphatic carboxylic acids is 4. The Morgan fingerprint density at radius 1 is 0.697 bits per heavy atom. The molecule has 3 unspecified atom stereocenters. The number of aromatic amines is 2. The zero-order chi connectivity index (χ0) is 48.1. The number of carbonyl (C=O) groups is 7. The Morgan fingerprint density at radius 2 is 1.17 bits per heavy atom. The predicted octanol–water partition coefficient (Wildman–Crippen LogP) is -1.01. The molecular formula is C39H46N14O13. The minimum Gasteiger partial charge on any atom is -0.481 e. The molecule has 2 aliphatic heterocycles. The molecule has 0 saturated heterocycles. The quantitative estimate of drug-likeness (QED) is 0.0501. The molecule has 0 bridgehead atoms. The number of hydrogen-bond acceptors (Lipinski definition) is 18. The number of nitrogens with one attached hydrogen (secondary N) is 9. The Labute approximate surface area is 371 Å². The summed E-state index contributed by atoms with van der Waals surface area (Å²) in [6, 6.07) is 9.30. The standard InChI is InChI=1S/C20H23N7O7.C19H23N7O6/c21-20-25-16-15(18(32)26-20)27(9-28)12(8-23-16)7-22-11-3-1-10(2-4-11)17(31)24-13(19(33)34)5-6-14(29)30;20-19-25-15-14(17(30)26-19)23-11(8-22-15)7-21-10-3-1-9(2-4-10)16(29)24-12(18(31)32)5-6-13(27)28/h1-4,9,12-13,22H,5-8H2,(H,24,31)(H,29,30)(H,33,34)(H4,21,23,25,26,32);1-4,11-12,21,23H,5-8H2,(H,24,29)(H,27,28)(H,31,32)(H4,20,22,25,26,30)/t;11-,12?/m.0/s1. The van der Waals surface area contributed by atoms with Crippen LogP contribution in [0, 0.1) is 0 Å². The van der Waals surface area contributed by atoms with Crippen LogP contribution in [0.5, 0.6) is 0 Å². The Hall–Kier alpha value is -8.91. The summed E-state index contributed by atoms with van der Waals surface area (Å²) in [6.07, 6.45) is -0.688. The highest BCUT2D eigenvalue weighted by Crippen LogP contribution is 2.26. The lowest BCUT2D eigenvalue weighted by Crippen LogP contribution is -2.50. The molecule has 0 fully saturated rings. The van der Waals surface area contributed by atoms with Crippen molar-refractivity contribution in [1.29, 1.82) is 0 Å². The van der Waals surface area contributed by atoms with Crippen LogP contribution in [0.3, 0.4) is 0 Å². The van der Waals surface area contributed by atoms with E-state index < -0.39 is 65.8 Å². The van der Waals surface area contributed by atoms with E-state index in [1.165, 1.54) is 29.2 Å². The lowest BCUT2D eigenvalue weighted by Gasteiger charge is -2.34. The Balaban J connectivity index is 0.000000248. The molecule has 4 heterocycles. The Morgan fingerprint density at radius 3 is 1.65 bits per heavy atom. The molecule has 4 aromatic rings. The van der Waals surface area contributed by atoms with E-state index in [9.17, 15) is 48.3 Å². The van der Waals surface area contributed by atoms with Crippen molar-refractivity contribution >= 4 is 88.4 Å². The van der Waals surface area contributed by atoms with Crippen molar-refractivity contribution in [3.8, 4) is 0 Å². The molecule has 2 aromatic carbocycles. The highest BCUT2D eigenvalue weighted by molar-refractivity contribution is 5.97. The van der Waals surface area contributed by atoms with Crippen LogP contribution in [-0.2, 0) is 24.0 Å². The smallest absolute Gasteiger partial charge is 0.326 e. The maximum Gasteiger partial charge on any atom is 0.326 e. The summed E-state index contributed by atoms with van der Waals surface area (Å²) in [6.45, 7) is 1.53. The first kappa shape index (κ1) is 48.1. The number of aromatic nitrogens is 4. The molecule has 6 rings (SSSR count). The number of anilines is 8. The molecule has 0 saturated carbocycles. The van der Waals surface area contributed by atoms with Crippen LogP contribution in [0.2, 0.25) is 0 Å². The van der Waals surface area contributed by atoms with Gasteiger partial charge in [-0.25, -0.2) is 9.59 Å². The number of nitrogen functional groups attached to an aromatic ring is 2. The number of carboxylic acids is 4. The van der Waals surface area contributed by atoms with Gasteiger partial charge in [0.15, 0.2) is 17.3 Å². The average Bonchev–Trinajstić information content (AvgIpc) is 3.27. The van der Waals surface area contributed by atoms with Crippen LogP contribution in [0.4, 0.5) is 46.3 Å². The van der Waals surface area contributed by atoms with Gasteiger partial charge in [0, 0.05) is 61.5 Å². The van der Waals surface area contributed by atoms with E-state index in [0.29, 0.717) is 48.9 Å². The lowest BCUT2D eigenvalue weighted by molar-refractivity contribution is -0.142. The van der Waals surface area contributed by atoms with E-state index in [1.54, 1.807) is 24.3 Å². The summed E-state index contributed by atoms with van der Waals surface area (Å²) in [7, 11) is 0. The number of fused-ring (bicyclic) bond motifs is 2. The predicted molar refractivity (Wildman–Crippen MR) is 237 cm³/mol. The molecule has 27 heteroatoms. The number of nitrogens with two attached hydrogens (primary N) is 2. The number of carboxylic acid groups (broad SMARTS) is 4. The summed E-state index contributed by atoms with van der Waals surface area (Å²) in [5.74, 6) is -5.64. The van der Waals surface area contributed by atoms with Crippen LogP contribution in [0.25, 0.3) is 0 Å². The van der Waals surface area contributed by atoms with E-state index in [2.05, 4.69) is 57.2 Å². The largest absolute Gasteiger partial charge is 0.481 e. The number of rotatable bonds is 19. The number of carbonyl (C=O) groups excluding carboxylic acids is 3. The second kappa shape index (κ2) is 21.9. The van der Waals surface area contributed by atoms with Gasteiger partial charge in [-0.1, -0.05) is 0 Å². The zero-order valence-electron chi connectivity index (χ0n) is 34.6. The fourth-order valence-corrected chi connectivity index (χ4v) is 6.49. The topological polar surface area (TPSA) is 431 Å². The number of H-pyrrole nitrogens is 2. The van der Waals surface area contributed by atoms with Crippen LogP contribution in [-0.4, -0.2) is 133 Å². The third kappa shape index (κ3) is 13.1. The fourth-order valence-electron chi connectivity index (χ4n) is 6.49. The molecule has 0 radical (unpaired) electrons. The SMILES string of the molecule is Nc1nc2c(c(=O)[nH]1)N(C=O)C(CNc1ccc(C(=O)NC(CCC(=O)O)C(=O)O)cc1)CN2.Nc1nc2c(c(=O)[nH]1)N[C@@H](CNc1ccc(C(=O)NC(CCC(=O)O)C(=O)O)cc1)CN2. The monoisotopic (exact) mass is 918 g/mol. The lowest BCUT2D eigenvalue weighted by atomic mass is 10.1. The summed E-state index contributed by atoms with van der Waals surface area (Å²) in [5, 5.41) is 55.8. The highest BCUT2D eigenvalue weighted by atomic mass is 16.4. The first-order valence-electron chi connectivity index (χ1n) is 19.9. The maximum absolute atomic E-state index is 12.3. The van der Waals surface area contributed by atoms with Gasteiger partial charge in [0.25, 0.3) is 22.9 Å². The number of nitrogens with zero attached hydrogens (tertiary/aromatic N) is 3. The summed E-state index contributed by atoms with van der Waals surface area (Å²) in [5.41, 5.74) is 12.2. The van der Waals surface area contributed by atoms with Crippen molar-refractivity contribution < 1.29 is 54.0 Å². The van der Waals surface area contributed by atoms with E-state index in [0.717, 1.165) is 0 Å². The third-order valence-electron chi connectivity index (χ3n) is 9.87. The summed E-state index contributed by atoms with van der Waals surface area (Å²) < 4.78 is 0. The molecule has 0 aliphatic carbocycles. The van der Waals surface area contributed by atoms with Crippen molar-refractivity contribution in [2.75, 3.05) is 69.1 Å². The average molecular weight is 919 g/mol. The first-order chi connectivity index (χ1) is 31.4.